The number of carbonyl (C=O) groups is 2. The maximum absolute atomic E-state index is 13.5. The quantitative estimate of drug-likeness (QED) is 0.113. The van der Waals surface area contributed by atoms with Gasteiger partial charge < -0.3 is 26.0 Å². The number of benzene rings is 3. The maximum atomic E-state index is 13.5. The Morgan fingerprint density at radius 2 is 1.63 bits per heavy atom. The standard InChI is InChI=1S/C35H34N4O10S.Na.H/c1-23-17-29(37-20-30(23)39(35(37)42)49-50(43,44)45)34(41)36-19-27-18-31(40)32(47-22-24-13-15-28(46-2)16-14-24)21-38(27)48-33(25-9-5-3-6-10-25)26-11-7-4-8-12-26;;/h3-18,21,29-30,33H,19-20,22H2,1-2H3,(H,36,41)(H,43,44,45);;/q;+1;-1/t29-,30-;;/m0../s1. The molecular weight excluding hydrogens is 691 g/mol. The van der Waals surface area contributed by atoms with E-state index in [1.165, 1.54) is 23.1 Å². The predicted octanol–water partition coefficient (Wildman–Crippen LogP) is 0.556. The van der Waals surface area contributed by atoms with E-state index in [0.29, 0.717) is 16.4 Å². The number of pyridine rings is 1. The van der Waals surface area contributed by atoms with Crippen LogP contribution in [0.3, 0.4) is 0 Å². The molecule has 1 fully saturated rings. The van der Waals surface area contributed by atoms with Crippen LogP contribution in [0.1, 0.15) is 36.8 Å². The second kappa shape index (κ2) is 16.1. The van der Waals surface area contributed by atoms with Gasteiger partial charge in [0.1, 0.15) is 24.4 Å². The van der Waals surface area contributed by atoms with Gasteiger partial charge in [-0.05, 0) is 41.3 Å². The van der Waals surface area contributed by atoms with Crippen molar-refractivity contribution in [1.82, 2.24) is 20.0 Å². The molecule has 3 amide bonds. The van der Waals surface area contributed by atoms with Gasteiger partial charge in [0.2, 0.25) is 11.3 Å². The Labute approximate surface area is 317 Å². The van der Waals surface area contributed by atoms with Gasteiger partial charge in [0, 0.05) is 6.07 Å². The molecule has 6 rings (SSSR count). The summed E-state index contributed by atoms with van der Waals surface area (Å²) in [6.07, 6.45) is 2.31. The summed E-state index contributed by atoms with van der Waals surface area (Å²) in [5.41, 5.74) is 2.76. The first-order valence-electron chi connectivity index (χ1n) is 15.5. The number of hydrogen-bond donors (Lipinski definition) is 2. The van der Waals surface area contributed by atoms with E-state index >= 15 is 0 Å². The Bertz CT molecular complexity index is 2030. The molecule has 2 aliphatic heterocycles. The number of fused-ring (bicyclic) bond motifs is 2. The Kier molecular flexibility index (Phi) is 11.9. The molecule has 2 N–H and O–H groups in total. The minimum Gasteiger partial charge on any atom is -1.00 e. The van der Waals surface area contributed by atoms with Gasteiger partial charge >= 0.3 is 46.0 Å². The van der Waals surface area contributed by atoms with Gasteiger partial charge in [0.05, 0.1) is 32.1 Å². The summed E-state index contributed by atoms with van der Waals surface area (Å²) in [5, 5.41) is 3.29. The van der Waals surface area contributed by atoms with Crippen LogP contribution < -0.4 is 54.6 Å². The molecular formula is C35H35N4NaO10S. The van der Waals surface area contributed by atoms with Crippen LogP contribution in [0.5, 0.6) is 11.5 Å². The predicted molar refractivity (Wildman–Crippen MR) is 180 cm³/mol. The zero-order chi connectivity index (χ0) is 35.4. The van der Waals surface area contributed by atoms with Gasteiger partial charge in [-0.2, -0.15) is 18.2 Å². The van der Waals surface area contributed by atoms with Gasteiger partial charge in [-0.3, -0.25) is 14.1 Å². The van der Waals surface area contributed by atoms with Gasteiger partial charge in [0.25, 0.3) is 0 Å². The molecule has 2 bridgehead atoms. The zero-order valence-electron chi connectivity index (χ0n) is 29.0. The van der Waals surface area contributed by atoms with Crippen molar-refractivity contribution in [2.24, 2.45) is 0 Å². The van der Waals surface area contributed by atoms with E-state index in [9.17, 15) is 22.8 Å². The van der Waals surface area contributed by atoms with Crippen molar-refractivity contribution < 1.29 is 72.1 Å². The molecule has 0 saturated carbocycles. The zero-order valence-corrected chi connectivity index (χ0v) is 30.9. The summed E-state index contributed by atoms with van der Waals surface area (Å²) < 4.78 is 48.9. The number of amides is 3. The summed E-state index contributed by atoms with van der Waals surface area (Å²) >= 11 is 0. The van der Waals surface area contributed by atoms with E-state index in [1.54, 1.807) is 26.2 Å². The fourth-order valence-electron chi connectivity index (χ4n) is 5.74. The third kappa shape index (κ3) is 8.81. The van der Waals surface area contributed by atoms with Crippen LogP contribution in [0.4, 0.5) is 4.79 Å². The first-order chi connectivity index (χ1) is 24.0. The van der Waals surface area contributed by atoms with Crippen LogP contribution in [-0.4, -0.2) is 65.3 Å². The van der Waals surface area contributed by atoms with Gasteiger partial charge in [0.15, 0.2) is 11.9 Å². The average molecular weight is 727 g/mol. The molecule has 1 aromatic heterocycles. The van der Waals surface area contributed by atoms with Crippen molar-refractivity contribution in [3.05, 3.63) is 141 Å². The largest absolute Gasteiger partial charge is 1.00 e. The Balaban J connectivity index is 0.00000302. The molecule has 0 spiro atoms. The van der Waals surface area contributed by atoms with Crippen LogP contribution in [0, 0.1) is 0 Å². The number of ether oxygens (including phenoxy) is 2. The number of rotatable bonds is 13. The van der Waals surface area contributed by atoms with E-state index in [0.717, 1.165) is 21.6 Å². The number of methoxy groups -OCH3 is 1. The number of urea groups is 1. The topological polar surface area (TPSA) is 166 Å². The maximum Gasteiger partial charge on any atom is 1.00 e. The number of hydroxylamine groups is 2. The van der Waals surface area contributed by atoms with Gasteiger partial charge in [-0.25, -0.2) is 4.79 Å². The number of aromatic nitrogens is 1. The molecule has 4 aromatic rings. The SMILES string of the molecule is COc1ccc(COc2cn(OC(c3ccccc3)c3ccccc3)c(CNC(=O)[C@@H]3C=C(C)[C@@H]4CN3C(=O)N4OS(=O)(=O)O)cc2=O)cc1.[H-].[Na+]. The van der Waals surface area contributed by atoms with Gasteiger partial charge in [-0.15, -0.1) is 4.28 Å². The van der Waals surface area contributed by atoms with E-state index in [1.807, 2.05) is 72.8 Å². The summed E-state index contributed by atoms with van der Waals surface area (Å²) in [5.74, 6) is 0.0842. The molecule has 14 nitrogen and oxygen atoms in total. The first-order valence-corrected chi connectivity index (χ1v) is 16.9. The van der Waals surface area contributed by atoms with Crippen molar-refractivity contribution in [3.8, 4) is 11.5 Å². The molecule has 262 valence electrons. The molecule has 16 heteroatoms. The number of nitrogens with one attached hydrogen (secondary N) is 1. The first kappa shape index (κ1) is 37.6. The number of carbonyl (C=O) groups excluding carboxylic acids is 2. The van der Waals surface area contributed by atoms with E-state index in [2.05, 4.69) is 9.60 Å². The molecule has 51 heavy (non-hydrogen) atoms. The summed E-state index contributed by atoms with van der Waals surface area (Å²) in [6.45, 7) is 1.47. The van der Waals surface area contributed by atoms with Crippen molar-refractivity contribution in [1.29, 1.82) is 0 Å². The molecule has 2 atom stereocenters. The van der Waals surface area contributed by atoms with Crippen molar-refractivity contribution in [2.75, 3.05) is 13.7 Å². The normalized spacial score (nSPS) is 16.7. The van der Waals surface area contributed by atoms with E-state index in [4.69, 9.17) is 18.9 Å². The Morgan fingerprint density at radius 3 is 2.22 bits per heavy atom. The van der Waals surface area contributed by atoms with Crippen LogP contribution in [0.15, 0.2) is 114 Å². The third-order valence-corrected chi connectivity index (χ3v) is 8.64. The molecule has 0 aliphatic carbocycles. The number of nitrogens with zero attached hydrogens (tertiary/aromatic N) is 3. The molecule has 3 heterocycles. The minimum atomic E-state index is -4.98. The summed E-state index contributed by atoms with van der Waals surface area (Å²) in [7, 11) is -3.41. The smallest absolute Gasteiger partial charge is 1.00 e. The van der Waals surface area contributed by atoms with Crippen molar-refractivity contribution in [2.45, 2.75) is 38.3 Å². The van der Waals surface area contributed by atoms with Crippen LogP contribution >= 0.6 is 0 Å². The molecule has 2 aliphatic rings. The molecule has 3 aromatic carbocycles. The summed E-state index contributed by atoms with van der Waals surface area (Å²) in [6, 6.07) is 24.6. The number of hydrogen-bond acceptors (Lipinski definition) is 9. The molecule has 0 unspecified atom stereocenters. The summed E-state index contributed by atoms with van der Waals surface area (Å²) in [4.78, 5) is 47.6. The monoisotopic (exact) mass is 726 g/mol. The van der Waals surface area contributed by atoms with E-state index < -0.39 is 46.0 Å². The van der Waals surface area contributed by atoms with Crippen LogP contribution in [0.2, 0.25) is 0 Å². The van der Waals surface area contributed by atoms with Crippen LogP contribution in [-0.2, 0) is 32.6 Å². The van der Waals surface area contributed by atoms with Crippen molar-refractivity contribution in [3.63, 3.8) is 0 Å². The molecule has 0 radical (unpaired) electrons. The van der Waals surface area contributed by atoms with E-state index in [-0.39, 0.29) is 62.1 Å². The minimum absolute atomic E-state index is 0. The second-order valence-corrected chi connectivity index (χ2v) is 12.6. The molecule has 1 saturated heterocycles. The Hall–Kier alpha value is -4.64. The van der Waals surface area contributed by atoms with Gasteiger partial charge in [-0.1, -0.05) is 78.9 Å². The van der Waals surface area contributed by atoms with Crippen LogP contribution in [0.25, 0.3) is 0 Å². The Morgan fingerprint density at radius 1 is 1.00 bits per heavy atom. The fourth-order valence-corrected chi connectivity index (χ4v) is 6.11. The van der Waals surface area contributed by atoms with Crippen molar-refractivity contribution >= 4 is 22.3 Å². The third-order valence-electron chi connectivity index (χ3n) is 8.29. The second-order valence-electron chi connectivity index (χ2n) is 11.6. The fraction of sp³-hybridized carbons (Fsp3) is 0.229. The average Bonchev–Trinajstić information content (AvgIpc) is 3.38.